The molecule has 1 aromatic heterocycles. The number of para-hydroxylation sites is 1. The van der Waals surface area contributed by atoms with Gasteiger partial charge in [0.2, 0.25) is 0 Å². The number of benzene rings is 1. The molecular formula is C19H22N2O2. The molecule has 2 heterocycles. The average Bonchev–Trinajstić information content (AvgIpc) is 2.60. The summed E-state index contributed by atoms with van der Waals surface area (Å²) >= 11 is 0. The van der Waals surface area contributed by atoms with Crippen LogP contribution in [0.2, 0.25) is 0 Å². The first-order chi connectivity index (χ1) is 11.2. The third-order valence-corrected chi connectivity index (χ3v) is 5.07. The summed E-state index contributed by atoms with van der Waals surface area (Å²) in [6, 6.07) is 10.1. The maximum atomic E-state index is 13.3. The van der Waals surface area contributed by atoms with Crippen molar-refractivity contribution < 1.29 is 9.53 Å². The molecule has 0 bridgehead atoms. The van der Waals surface area contributed by atoms with Crippen molar-refractivity contribution in [3.8, 4) is 0 Å². The second-order valence-electron chi connectivity index (χ2n) is 6.59. The van der Waals surface area contributed by atoms with Gasteiger partial charge in [-0.2, -0.15) is 0 Å². The number of carbonyl (C=O) groups is 1. The predicted molar refractivity (Wildman–Crippen MR) is 89.5 cm³/mol. The summed E-state index contributed by atoms with van der Waals surface area (Å²) in [5.41, 5.74) is 2.56. The fourth-order valence-electron chi connectivity index (χ4n) is 3.99. The van der Waals surface area contributed by atoms with Gasteiger partial charge < -0.3 is 9.64 Å². The molecule has 23 heavy (non-hydrogen) atoms. The molecule has 4 nitrogen and oxygen atoms in total. The summed E-state index contributed by atoms with van der Waals surface area (Å²) in [5.74, 6) is 0.131. The fourth-order valence-corrected chi connectivity index (χ4v) is 3.99. The SMILES string of the molecule is Cc1cc(C(=O)N2CCO[C@H]3CCCC[C@@H]32)c2ccccc2n1. The highest BCUT2D eigenvalue weighted by molar-refractivity contribution is 6.06. The van der Waals surface area contributed by atoms with Crippen molar-refractivity contribution in [2.45, 2.75) is 44.8 Å². The van der Waals surface area contributed by atoms with Crippen LogP contribution < -0.4 is 0 Å². The van der Waals surface area contributed by atoms with Gasteiger partial charge in [-0.3, -0.25) is 9.78 Å². The second kappa shape index (κ2) is 5.93. The fraction of sp³-hybridized carbons (Fsp3) is 0.474. The van der Waals surface area contributed by atoms with E-state index >= 15 is 0 Å². The summed E-state index contributed by atoms with van der Waals surface area (Å²) in [6.45, 7) is 3.29. The molecule has 0 radical (unpaired) electrons. The van der Waals surface area contributed by atoms with Gasteiger partial charge in [0.1, 0.15) is 0 Å². The molecule has 1 saturated carbocycles. The van der Waals surface area contributed by atoms with Crippen molar-refractivity contribution in [2.24, 2.45) is 0 Å². The summed E-state index contributed by atoms with van der Waals surface area (Å²) in [6.07, 6.45) is 4.74. The Hall–Kier alpha value is -1.94. The summed E-state index contributed by atoms with van der Waals surface area (Å²) < 4.78 is 5.90. The first kappa shape index (κ1) is 14.6. The molecule has 0 unspecified atom stereocenters. The molecule has 1 aromatic carbocycles. The van der Waals surface area contributed by atoms with Gasteiger partial charge in [0.25, 0.3) is 5.91 Å². The van der Waals surface area contributed by atoms with E-state index < -0.39 is 0 Å². The van der Waals surface area contributed by atoms with Crippen LogP contribution in [0.1, 0.15) is 41.7 Å². The number of fused-ring (bicyclic) bond motifs is 2. The van der Waals surface area contributed by atoms with Gasteiger partial charge in [0.15, 0.2) is 0 Å². The van der Waals surface area contributed by atoms with Crippen LogP contribution in [0.15, 0.2) is 30.3 Å². The molecule has 1 aliphatic carbocycles. The molecule has 2 atom stereocenters. The van der Waals surface area contributed by atoms with E-state index in [1.54, 1.807) is 0 Å². The minimum Gasteiger partial charge on any atom is -0.374 e. The Balaban J connectivity index is 1.74. The molecule has 0 N–H and O–H groups in total. The highest BCUT2D eigenvalue weighted by Gasteiger charge is 2.37. The summed E-state index contributed by atoms with van der Waals surface area (Å²) in [5, 5.41) is 0.946. The van der Waals surface area contributed by atoms with Gasteiger partial charge >= 0.3 is 0 Å². The molecular weight excluding hydrogens is 288 g/mol. The maximum Gasteiger partial charge on any atom is 0.255 e. The molecule has 2 aromatic rings. The van der Waals surface area contributed by atoms with E-state index in [2.05, 4.69) is 9.88 Å². The number of carbonyl (C=O) groups excluding carboxylic acids is 1. The molecule has 1 amide bonds. The van der Waals surface area contributed by atoms with Crippen LogP contribution in [0.3, 0.4) is 0 Å². The number of hydrogen-bond donors (Lipinski definition) is 0. The van der Waals surface area contributed by atoms with Crippen LogP contribution in [0, 0.1) is 6.92 Å². The number of amides is 1. The molecule has 4 heteroatoms. The van der Waals surface area contributed by atoms with Crippen molar-refractivity contribution in [1.82, 2.24) is 9.88 Å². The molecule has 1 aliphatic heterocycles. The summed E-state index contributed by atoms with van der Waals surface area (Å²) in [7, 11) is 0. The van der Waals surface area contributed by atoms with E-state index in [0.29, 0.717) is 13.2 Å². The first-order valence-corrected chi connectivity index (χ1v) is 8.53. The minimum absolute atomic E-state index is 0.131. The standard InChI is InChI=1S/C19H22N2O2/c1-13-12-15(14-6-2-3-7-16(14)20-13)19(22)21-10-11-23-18-9-5-4-8-17(18)21/h2-3,6-7,12,17-18H,4-5,8-11H2,1H3/t17-,18-/m0/s1. The topological polar surface area (TPSA) is 42.4 Å². The Morgan fingerprint density at radius 1 is 1.26 bits per heavy atom. The van der Waals surface area contributed by atoms with Crippen LogP contribution in [0.4, 0.5) is 0 Å². The molecule has 120 valence electrons. The highest BCUT2D eigenvalue weighted by Crippen LogP contribution is 2.30. The number of morpholine rings is 1. The Kier molecular flexibility index (Phi) is 3.77. The van der Waals surface area contributed by atoms with Crippen molar-refractivity contribution in [2.75, 3.05) is 13.2 Å². The number of rotatable bonds is 1. The Bertz CT molecular complexity index is 741. The monoisotopic (exact) mass is 310 g/mol. The number of aromatic nitrogens is 1. The summed E-state index contributed by atoms with van der Waals surface area (Å²) in [4.78, 5) is 19.9. The maximum absolute atomic E-state index is 13.3. The highest BCUT2D eigenvalue weighted by atomic mass is 16.5. The lowest BCUT2D eigenvalue weighted by Gasteiger charge is -2.43. The number of nitrogens with zero attached hydrogens (tertiary/aromatic N) is 2. The van der Waals surface area contributed by atoms with Gasteiger partial charge in [-0.1, -0.05) is 31.0 Å². The van der Waals surface area contributed by atoms with Crippen molar-refractivity contribution in [3.05, 3.63) is 41.6 Å². The minimum atomic E-state index is 0.131. The normalized spacial score (nSPS) is 24.5. The van der Waals surface area contributed by atoms with Crippen LogP contribution in [0.25, 0.3) is 10.9 Å². The van der Waals surface area contributed by atoms with Crippen molar-refractivity contribution >= 4 is 16.8 Å². The van der Waals surface area contributed by atoms with Crippen molar-refractivity contribution in [1.29, 1.82) is 0 Å². The Morgan fingerprint density at radius 3 is 3.00 bits per heavy atom. The lowest BCUT2D eigenvalue weighted by Crippen LogP contribution is -2.54. The van der Waals surface area contributed by atoms with Crippen LogP contribution in [-0.4, -0.2) is 41.1 Å². The zero-order valence-corrected chi connectivity index (χ0v) is 13.5. The lowest BCUT2D eigenvalue weighted by molar-refractivity contribution is -0.0752. The van der Waals surface area contributed by atoms with Crippen LogP contribution in [0.5, 0.6) is 0 Å². The zero-order chi connectivity index (χ0) is 15.8. The number of ether oxygens (including phenoxy) is 1. The van der Waals surface area contributed by atoms with Crippen LogP contribution >= 0.6 is 0 Å². The number of pyridine rings is 1. The van der Waals surface area contributed by atoms with Crippen molar-refractivity contribution in [3.63, 3.8) is 0 Å². The van der Waals surface area contributed by atoms with Gasteiger partial charge in [-0.25, -0.2) is 0 Å². The van der Waals surface area contributed by atoms with Gasteiger partial charge in [-0.15, -0.1) is 0 Å². The molecule has 2 aliphatic rings. The van der Waals surface area contributed by atoms with E-state index in [4.69, 9.17) is 4.74 Å². The van der Waals surface area contributed by atoms with Gasteiger partial charge in [-0.05, 0) is 31.9 Å². The molecule has 2 fully saturated rings. The largest absolute Gasteiger partial charge is 0.374 e. The lowest BCUT2D eigenvalue weighted by atomic mass is 9.89. The van der Waals surface area contributed by atoms with E-state index in [1.165, 1.54) is 12.8 Å². The van der Waals surface area contributed by atoms with Gasteiger partial charge in [0.05, 0.1) is 29.8 Å². The molecule has 4 rings (SSSR count). The van der Waals surface area contributed by atoms with E-state index in [-0.39, 0.29) is 18.1 Å². The Labute approximate surface area is 136 Å². The second-order valence-corrected chi connectivity index (χ2v) is 6.59. The molecule has 1 saturated heterocycles. The number of aryl methyl sites for hydroxylation is 1. The van der Waals surface area contributed by atoms with E-state index in [0.717, 1.165) is 35.0 Å². The van der Waals surface area contributed by atoms with E-state index in [9.17, 15) is 4.79 Å². The average molecular weight is 310 g/mol. The third kappa shape index (κ3) is 2.61. The quantitative estimate of drug-likeness (QED) is 0.811. The van der Waals surface area contributed by atoms with Gasteiger partial charge in [0, 0.05) is 17.6 Å². The smallest absolute Gasteiger partial charge is 0.255 e. The number of hydrogen-bond acceptors (Lipinski definition) is 3. The predicted octanol–water partition coefficient (Wildman–Crippen LogP) is 3.33. The van der Waals surface area contributed by atoms with Crippen LogP contribution in [-0.2, 0) is 4.74 Å². The van der Waals surface area contributed by atoms with E-state index in [1.807, 2.05) is 37.3 Å². The molecule has 0 spiro atoms. The third-order valence-electron chi connectivity index (χ3n) is 5.07. The zero-order valence-electron chi connectivity index (χ0n) is 13.5. The first-order valence-electron chi connectivity index (χ1n) is 8.53. The Morgan fingerprint density at radius 2 is 2.09 bits per heavy atom.